The Morgan fingerprint density at radius 2 is 1.77 bits per heavy atom. The molecule has 0 aliphatic heterocycles. The molecule has 0 fully saturated rings. The van der Waals surface area contributed by atoms with Crippen LogP contribution in [0.3, 0.4) is 0 Å². The van der Waals surface area contributed by atoms with E-state index in [4.69, 9.17) is 24.5 Å². The van der Waals surface area contributed by atoms with Crippen molar-refractivity contribution >= 4 is 5.91 Å². The van der Waals surface area contributed by atoms with E-state index in [1.165, 1.54) is 7.11 Å². The zero-order valence-corrected chi connectivity index (χ0v) is 17.1. The van der Waals surface area contributed by atoms with E-state index in [0.29, 0.717) is 59.8 Å². The summed E-state index contributed by atoms with van der Waals surface area (Å²) in [6.45, 7) is 2.49. The SMILES string of the molecule is COc1cc(CN)ccc1Oc1ccc(C(=O)NCCc2noc(C)n2)cc1OC. The van der Waals surface area contributed by atoms with Gasteiger partial charge in [-0.05, 0) is 35.9 Å². The summed E-state index contributed by atoms with van der Waals surface area (Å²) in [7, 11) is 3.07. The summed E-state index contributed by atoms with van der Waals surface area (Å²) in [4.78, 5) is 16.5. The molecule has 1 heterocycles. The standard InChI is InChI=1S/C21H24N4O5/c1-13-24-20(25-30-13)8-9-23-21(26)15-5-7-17(19(11-15)28-3)29-16-6-4-14(12-22)10-18(16)27-2/h4-7,10-11H,8-9,12,22H2,1-3H3,(H,23,26). The van der Waals surface area contributed by atoms with Crippen LogP contribution in [0.5, 0.6) is 23.0 Å². The third-order valence-electron chi connectivity index (χ3n) is 4.31. The van der Waals surface area contributed by atoms with Gasteiger partial charge in [-0.25, -0.2) is 0 Å². The lowest BCUT2D eigenvalue weighted by Gasteiger charge is -2.14. The van der Waals surface area contributed by atoms with E-state index in [-0.39, 0.29) is 5.91 Å². The van der Waals surface area contributed by atoms with Gasteiger partial charge in [-0.3, -0.25) is 4.79 Å². The number of aryl methyl sites for hydroxylation is 1. The molecule has 0 radical (unpaired) electrons. The molecule has 3 aromatic rings. The lowest BCUT2D eigenvalue weighted by molar-refractivity contribution is 0.0953. The van der Waals surface area contributed by atoms with Crippen molar-refractivity contribution in [1.29, 1.82) is 0 Å². The maximum Gasteiger partial charge on any atom is 0.251 e. The van der Waals surface area contributed by atoms with Crippen molar-refractivity contribution in [2.24, 2.45) is 5.73 Å². The van der Waals surface area contributed by atoms with E-state index in [2.05, 4.69) is 15.5 Å². The number of carbonyl (C=O) groups is 1. The fraction of sp³-hybridized carbons (Fsp3) is 0.286. The normalized spacial score (nSPS) is 10.5. The molecule has 9 heteroatoms. The van der Waals surface area contributed by atoms with E-state index >= 15 is 0 Å². The predicted molar refractivity (Wildman–Crippen MR) is 109 cm³/mol. The summed E-state index contributed by atoms with van der Waals surface area (Å²) in [5.41, 5.74) is 7.03. The second-order valence-electron chi connectivity index (χ2n) is 6.39. The molecule has 3 N–H and O–H groups in total. The second-order valence-corrected chi connectivity index (χ2v) is 6.39. The summed E-state index contributed by atoms with van der Waals surface area (Å²) in [6.07, 6.45) is 0.472. The number of hydrogen-bond donors (Lipinski definition) is 2. The van der Waals surface area contributed by atoms with Gasteiger partial charge in [0.2, 0.25) is 5.89 Å². The molecular weight excluding hydrogens is 388 g/mol. The van der Waals surface area contributed by atoms with Crippen LogP contribution in [-0.2, 0) is 13.0 Å². The fourth-order valence-electron chi connectivity index (χ4n) is 2.77. The number of ether oxygens (including phenoxy) is 3. The van der Waals surface area contributed by atoms with E-state index in [9.17, 15) is 4.79 Å². The number of carbonyl (C=O) groups excluding carboxylic acids is 1. The van der Waals surface area contributed by atoms with Crippen molar-refractivity contribution < 1.29 is 23.5 Å². The minimum atomic E-state index is -0.245. The zero-order valence-electron chi connectivity index (χ0n) is 17.1. The summed E-state index contributed by atoms with van der Waals surface area (Å²) >= 11 is 0. The highest BCUT2D eigenvalue weighted by Crippen LogP contribution is 2.37. The maximum absolute atomic E-state index is 12.4. The molecule has 30 heavy (non-hydrogen) atoms. The van der Waals surface area contributed by atoms with Crippen LogP contribution < -0.4 is 25.3 Å². The van der Waals surface area contributed by atoms with Crippen LogP contribution in [0.15, 0.2) is 40.9 Å². The van der Waals surface area contributed by atoms with E-state index in [0.717, 1.165) is 5.56 Å². The first-order valence-corrected chi connectivity index (χ1v) is 9.34. The van der Waals surface area contributed by atoms with Gasteiger partial charge in [0.1, 0.15) is 0 Å². The van der Waals surface area contributed by atoms with Crippen LogP contribution in [-0.4, -0.2) is 36.8 Å². The van der Waals surface area contributed by atoms with Crippen molar-refractivity contribution in [2.45, 2.75) is 19.9 Å². The Kier molecular flexibility index (Phi) is 6.87. The average molecular weight is 412 g/mol. The van der Waals surface area contributed by atoms with Crippen LogP contribution in [0, 0.1) is 6.92 Å². The Morgan fingerprint density at radius 1 is 1.07 bits per heavy atom. The molecule has 0 spiro atoms. The third-order valence-corrected chi connectivity index (χ3v) is 4.31. The topological polar surface area (TPSA) is 122 Å². The summed E-state index contributed by atoms with van der Waals surface area (Å²) in [5.74, 6) is 2.73. The monoisotopic (exact) mass is 412 g/mol. The molecule has 0 bridgehead atoms. The van der Waals surface area contributed by atoms with Gasteiger partial charge in [0, 0.05) is 32.0 Å². The Balaban J connectivity index is 1.69. The summed E-state index contributed by atoms with van der Waals surface area (Å²) in [5, 5.41) is 6.62. The van der Waals surface area contributed by atoms with Crippen molar-refractivity contribution in [2.75, 3.05) is 20.8 Å². The molecule has 2 aromatic carbocycles. The van der Waals surface area contributed by atoms with Gasteiger partial charge in [-0.2, -0.15) is 4.98 Å². The van der Waals surface area contributed by atoms with Gasteiger partial charge in [-0.15, -0.1) is 0 Å². The number of rotatable bonds is 9. The number of aromatic nitrogens is 2. The smallest absolute Gasteiger partial charge is 0.251 e. The Labute approximate surface area is 174 Å². The first-order valence-electron chi connectivity index (χ1n) is 9.34. The minimum absolute atomic E-state index is 0.245. The molecule has 3 rings (SSSR count). The zero-order chi connectivity index (χ0) is 21.5. The Bertz CT molecular complexity index is 1020. The van der Waals surface area contributed by atoms with Crippen molar-refractivity contribution in [3.05, 3.63) is 59.2 Å². The van der Waals surface area contributed by atoms with Crippen molar-refractivity contribution in [3.63, 3.8) is 0 Å². The molecule has 158 valence electrons. The number of hydrogen-bond acceptors (Lipinski definition) is 8. The highest BCUT2D eigenvalue weighted by molar-refractivity contribution is 5.94. The molecule has 1 aromatic heterocycles. The predicted octanol–water partition coefficient (Wildman–Crippen LogP) is 2.62. The molecule has 0 aliphatic rings. The second kappa shape index (κ2) is 9.75. The molecule has 0 saturated carbocycles. The third kappa shape index (κ3) is 5.06. The number of methoxy groups -OCH3 is 2. The minimum Gasteiger partial charge on any atom is -0.493 e. The van der Waals surface area contributed by atoms with Gasteiger partial charge in [0.15, 0.2) is 28.8 Å². The number of nitrogens with zero attached hydrogens (tertiary/aromatic N) is 2. The summed E-state index contributed by atoms with van der Waals surface area (Å²) < 4.78 is 21.6. The van der Waals surface area contributed by atoms with Crippen molar-refractivity contribution in [3.8, 4) is 23.0 Å². The van der Waals surface area contributed by atoms with Gasteiger partial charge >= 0.3 is 0 Å². The number of nitrogens with two attached hydrogens (primary N) is 1. The number of nitrogens with one attached hydrogen (secondary N) is 1. The van der Waals surface area contributed by atoms with E-state index in [1.807, 2.05) is 12.1 Å². The number of benzene rings is 2. The Morgan fingerprint density at radius 3 is 2.40 bits per heavy atom. The number of amides is 1. The molecule has 9 nitrogen and oxygen atoms in total. The van der Waals surface area contributed by atoms with Crippen LogP contribution >= 0.6 is 0 Å². The maximum atomic E-state index is 12.4. The molecule has 0 unspecified atom stereocenters. The van der Waals surface area contributed by atoms with Gasteiger partial charge in [0.25, 0.3) is 5.91 Å². The lowest BCUT2D eigenvalue weighted by atomic mass is 10.1. The average Bonchev–Trinajstić information content (AvgIpc) is 3.19. The van der Waals surface area contributed by atoms with Gasteiger partial charge < -0.3 is 29.8 Å². The highest BCUT2D eigenvalue weighted by Gasteiger charge is 2.14. The molecule has 0 aliphatic carbocycles. The van der Waals surface area contributed by atoms with E-state index < -0.39 is 0 Å². The highest BCUT2D eigenvalue weighted by atomic mass is 16.5. The van der Waals surface area contributed by atoms with Crippen LogP contribution in [0.1, 0.15) is 27.6 Å². The van der Waals surface area contributed by atoms with Crippen LogP contribution in [0.25, 0.3) is 0 Å². The van der Waals surface area contributed by atoms with Gasteiger partial charge in [0.05, 0.1) is 14.2 Å². The lowest BCUT2D eigenvalue weighted by Crippen LogP contribution is -2.26. The summed E-state index contributed by atoms with van der Waals surface area (Å²) in [6, 6.07) is 10.4. The molecular formula is C21H24N4O5. The molecule has 0 saturated heterocycles. The van der Waals surface area contributed by atoms with Gasteiger partial charge in [-0.1, -0.05) is 11.2 Å². The van der Waals surface area contributed by atoms with Crippen LogP contribution in [0.2, 0.25) is 0 Å². The van der Waals surface area contributed by atoms with Crippen LogP contribution in [0.4, 0.5) is 0 Å². The first kappa shape index (κ1) is 21.1. The van der Waals surface area contributed by atoms with E-state index in [1.54, 1.807) is 38.3 Å². The molecule has 0 atom stereocenters. The largest absolute Gasteiger partial charge is 0.493 e. The quantitative estimate of drug-likeness (QED) is 0.550. The van der Waals surface area contributed by atoms with Crippen molar-refractivity contribution in [1.82, 2.24) is 15.5 Å². The molecule has 1 amide bonds. The fourth-order valence-corrected chi connectivity index (χ4v) is 2.77. The first-order chi connectivity index (χ1) is 14.5. The Hall–Kier alpha value is -3.59.